The van der Waals surface area contributed by atoms with E-state index in [9.17, 15) is 26.0 Å². The van der Waals surface area contributed by atoms with Gasteiger partial charge < -0.3 is 24.9 Å². The van der Waals surface area contributed by atoms with Crippen LogP contribution in [0.15, 0.2) is 41.3 Å². The lowest BCUT2D eigenvalue weighted by atomic mass is 9.77. The van der Waals surface area contributed by atoms with Gasteiger partial charge in [0.05, 0.1) is 38.7 Å². The Morgan fingerprint density at radius 2 is 1.72 bits per heavy atom. The Morgan fingerprint density at radius 3 is 2.35 bits per heavy atom. The molecule has 0 aliphatic heterocycles. The number of ether oxygens (including phenoxy) is 2. The van der Waals surface area contributed by atoms with E-state index in [1.54, 1.807) is 12.1 Å². The molecule has 0 heterocycles. The number of anilines is 1. The maximum Gasteiger partial charge on any atom is 0.255 e. The van der Waals surface area contributed by atoms with Gasteiger partial charge in [-0.2, -0.15) is 0 Å². The normalized spacial score (nSPS) is 25.9. The minimum Gasteiger partial charge on any atom is -0.496 e. The number of methoxy groups -OCH3 is 1. The van der Waals surface area contributed by atoms with Gasteiger partial charge in [-0.15, -0.1) is 20.9 Å². The fourth-order valence-corrected chi connectivity index (χ4v) is 7.52. The minimum absolute atomic E-state index is 0.0498. The molecule has 0 bridgehead atoms. The zero-order chi connectivity index (χ0) is 31.6. The Balaban J connectivity index is 1.53. The third-order valence-corrected chi connectivity index (χ3v) is 11.2. The van der Waals surface area contributed by atoms with Gasteiger partial charge >= 0.3 is 0 Å². The third-order valence-electron chi connectivity index (χ3n) is 8.38. The van der Waals surface area contributed by atoms with Crippen molar-refractivity contribution in [1.29, 1.82) is 0 Å². The molecule has 2 unspecified atom stereocenters. The lowest BCUT2D eigenvalue weighted by Crippen LogP contribution is -2.50. The smallest absolute Gasteiger partial charge is 0.255 e. The molecule has 2 aliphatic rings. The van der Waals surface area contributed by atoms with E-state index in [0.29, 0.717) is 17.9 Å². The van der Waals surface area contributed by atoms with Gasteiger partial charge in [0.25, 0.3) is 5.91 Å². The van der Waals surface area contributed by atoms with E-state index in [2.05, 4.69) is 19.9 Å². The van der Waals surface area contributed by atoms with Crippen molar-refractivity contribution in [1.82, 2.24) is 5.32 Å². The zero-order valence-electron chi connectivity index (χ0n) is 24.6. The second kappa shape index (κ2) is 12.2. The summed E-state index contributed by atoms with van der Waals surface area (Å²) in [4.78, 5) is 37.4. The molecule has 5 atom stereocenters. The van der Waals surface area contributed by atoms with E-state index in [4.69, 9.17) is 9.47 Å². The standard InChI is InChI=1S/C30H41F3N2O5P2S/c1-18-6-4-9-23(29(37)34-20-7-5-8-22(14-20)43(3,31,32,33)42)28(18)35-30(38)24-15-26(27(41)16-25(24)39-2)40-21-12-10-19(17-36)11-13-21/h5,7-8,14-19,21,23,28H,4,6,9-13,41-42H2,1-3H3,(H,34,37)(H,35,38)/t18-,19-,21+,23-,28+/m0/s1. The van der Waals surface area contributed by atoms with Gasteiger partial charge in [-0.3, -0.25) is 9.59 Å². The number of carbonyl (C=O) groups is 3. The third kappa shape index (κ3) is 8.43. The first-order chi connectivity index (χ1) is 20.0. The number of amides is 2. The van der Waals surface area contributed by atoms with Crippen molar-refractivity contribution in [3.05, 3.63) is 42.0 Å². The molecule has 7 nitrogen and oxygen atoms in total. The molecular formula is C30H41F3N2O5P2S. The van der Waals surface area contributed by atoms with Crippen molar-refractivity contribution in [3.8, 4) is 11.5 Å². The quantitative estimate of drug-likeness (QED) is 0.228. The summed E-state index contributed by atoms with van der Waals surface area (Å²) >= 11 is 0. The summed E-state index contributed by atoms with van der Waals surface area (Å²) in [6.07, 6.45) is 6.19. The molecule has 0 spiro atoms. The molecule has 2 aliphatic carbocycles. The van der Waals surface area contributed by atoms with Crippen LogP contribution in [0.2, 0.25) is 0 Å². The molecule has 0 radical (unpaired) electrons. The van der Waals surface area contributed by atoms with E-state index in [0.717, 1.165) is 70.7 Å². The fraction of sp³-hybridized carbons (Fsp3) is 0.500. The van der Waals surface area contributed by atoms with Crippen LogP contribution in [-0.4, -0.2) is 43.6 Å². The van der Waals surface area contributed by atoms with Crippen molar-refractivity contribution >= 4 is 55.8 Å². The van der Waals surface area contributed by atoms with Crippen LogP contribution in [0.4, 0.5) is 17.3 Å². The first-order valence-electron chi connectivity index (χ1n) is 14.4. The van der Waals surface area contributed by atoms with Gasteiger partial charge in [-0.05, 0) is 83.2 Å². The van der Waals surface area contributed by atoms with Crippen molar-refractivity contribution in [2.75, 3.05) is 18.7 Å². The van der Waals surface area contributed by atoms with Gasteiger partial charge in [0.15, 0.2) is 0 Å². The summed E-state index contributed by atoms with van der Waals surface area (Å²) in [6.45, 7) is 1.95. The van der Waals surface area contributed by atoms with Crippen molar-refractivity contribution in [2.45, 2.75) is 68.9 Å². The van der Waals surface area contributed by atoms with Crippen LogP contribution in [0, 0.1) is 17.8 Å². The molecule has 2 saturated carbocycles. The Hall–Kier alpha value is -2.35. The highest BCUT2D eigenvalue weighted by molar-refractivity contribution is 8.84. The highest BCUT2D eigenvalue weighted by Gasteiger charge is 2.54. The Labute approximate surface area is 255 Å². The highest BCUT2D eigenvalue weighted by atomic mass is 32.9. The average molecular weight is 661 g/mol. The Bertz CT molecular complexity index is 1390. The summed E-state index contributed by atoms with van der Waals surface area (Å²) in [5.41, 5.74) is 0.304. The predicted octanol–water partition coefficient (Wildman–Crippen LogP) is 6.81. The number of benzene rings is 2. The molecule has 4 rings (SSSR count). The highest BCUT2D eigenvalue weighted by Crippen LogP contribution is 3.02. The summed E-state index contributed by atoms with van der Waals surface area (Å²) in [5.74, 6) is -0.660. The van der Waals surface area contributed by atoms with Gasteiger partial charge in [-0.25, -0.2) is 0 Å². The molecule has 2 aromatic carbocycles. The first-order valence-corrected chi connectivity index (χ1v) is 19.0. The van der Waals surface area contributed by atoms with Crippen LogP contribution in [0.25, 0.3) is 0 Å². The van der Waals surface area contributed by atoms with Gasteiger partial charge in [-0.1, -0.05) is 19.4 Å². The number of halogens is 3. The minimum atomic E-state index is -7.02. The maximum absolute atomic E-state index is 14.6. The molecular weight excluding hydrogens is 619 g/mol. The molecule has 13 heteroatoms. The second-order valence-corrected chi connectivity index (χ2v) is 20.3. The summed E-state index contributed by atoms with van der Waals surface area (Å²) in [6, 6.07) is 7.44. The number of hydrogen-bond donors (Lipinski definition) is 2. The zero-order valence-corrected chi connectivity index (χ0v) is 27.7. The lowest BCUT2D eigenvalue weighted by molar-refractivity contribution is -0.122. The van der Waals surface area contributed by atoms with E-state index in [1.807, 2.05) is 6.92 Å². The lowest BCUT2D eigenvalue weighted by Gasteiger charge is -2.51. The second-order valence-electron chi connectivity index (χ2n) is 12.1. The van der Waals surface area contributed by atoms with Crippen LogP contribution in [0.1, 0.15) is 62.2 Å². The molecule has 2 aromatic rings. The molecule has 2 fully saturated rings. The molecule has 238 valence electrons. The van der Waals surface area contributed by atoms with Crippen LogP contribution in [-0.2, 0) is 9.59 Å². The number of nitrogens with one attached hydrogen (secondary N) is 2. The van der Waals surface area contributed by atoms with E-state index in [1.165, 1.54) is 19.2 Å². The maximum atomic E-state index is 14.6. The Morgan fingerprint density at radius 1 is 1.02 bits per heavy atom. The fourth-order valence-electron chi connectivity index (χ4n) is 5.88. The molecule has 2 N–H and O–H groups in total. The topological polar surface area (TPSA) is 93.7 Å². The van der Waals surface area contributed by atoms with Crippen LogP contribution < -0.4 is 25.4 Å². The summed E-state index contributed by atoms with van der Waals surface area (Å²) < 4.78 is 55.6. The molecule has 0 saturated heterocycles. The first kappa shape index (κ1) is 33.5. The van der Waals surface area contributed by atoms with Crippen LogP contribution in [0.5, 0.6) is 11.5 Å². The monoisotopic (exact) mass is 660 g/mol. The molecule has 0 aromatic heterocycles. The van der Waals surface area contributed by atoms with E-state index in [-0.39, 0.29) is 35.4 Å². The van der Waals surface area contributed by atoms with Gasteiger partial charge in [0, 0.05) is 29.2 Å². The SMILES string of the molecule is COc1cc(P)c(O[C@H]2CC[C@@H](C=O)CC2)cc1C(=O)N[C@H]1[C@@H](C(=O)Nc2cccc(S(C)(F)(F)(F)P)c2)CCC[C@@H]1C. The van der Waals surface area contributed by atoms with Crippen LogP contribution in [0.3, 0.4) is 0 Å². The van der Waals surface area contributed by atoms with Crippen LogP contribution >= 0.6 is 26.8 Å². The summed E-state index contributed by atoms with van der Waals surface area (Å²) in [5, 5.41) is 6.41. The van der Waals surface area contributed by atoms with Crippen molar-refractivity contribution in [3.63, 3.8) is 0 Å². The molecule has 43 heavy (non-hydrogen) atoms. The number of carbonyl (C=O) groups excluding carboxylic acids is 3. The predicted molar refractivity (Wildman–Crippen MR) is 172 cm³/mol. The largest absolute Gasteiger partial charge is 0.496 e. The van der Waals surface area contributed by atoms with Gasteiger partial charge in [0.1, 0.15) is 17.8 Å². The molecule has 2 amide bonds. The number of rotatable bonds is 9. The number of aldehydes is 1. The average Bonchev–Trinajstić information content (AvgIpc) is 2.94. The summed E-state index contributed by atoms with van der Waals surface area (Å²) in [7, 11) is -1.90. The van der Waals surface area contributed by atoms with Gasteiger partial charge in [0.2, 0.25) is 5.91 Å². The van der Waals surface area contributed by atoms with Crippen molar-refractivity contribution in [2.24, 2.45) is 17.8 Å². The number of hydrogen-bond acceptors (Lipinski definition) is 5. The van der Waals surface area contributed by atoms with E-state index < -0.39 is 37.7 Å². The van der Waals surface area contributed by atoms with Crippen molar-refractivity contribution < 1.29 is 35.5 Å². The van der Waals surface area contributed by atoms with E-state index >= 15 is 0 Å². The Kier molecular flexibility index (Phi) is 9.52.